The Kier molecular flexibility index (Phi) is 8.43. The summed E-state index contributed by atoms with van der Waals surface area (Å²) in [6.45, 7) is 8.82. The molecule has 3 rings (SSSR count). The lowest BCUT2D eigenvalue weighted by Crippen LogP contribution is -2.66. The molecule has 182 valence electrons. The number of carbonyl (C=O) groups excluding carboxylic acids is 1. The van der Waals surface area contributed by atoms with Gasteiger partial charge in [0.2, 0.25) is 0 Å². The van der Waals surface area contributed by atoms with Gasteiger partial charge in [-0.3, -0.25) is 0 Å². The summed E-state index contributed by atoms with van der Waals surface area (Å²) < 4.78 is 11.9. The zero-order valence-electron chi connectivity index (χ0n) is 20.7. The van der Waals surface area contributed by atoms with Crippen molar-refractivity contribution in [2.45, 2.75) is 39.3 Å². The molecule has 35 heavy (non-hydrogen) atoms. The second kappa shape index (κ2) is 11.3. The Balaban J connectivity index is 2.06. The molecule has 0 saturated carbocycles. The molecule has 0 amide bonds. The monoisotopic (exact) mass is 488 g/mol. The number of esters is 1. The summed E-state index contributed by atoms with van der Waals surface area (Å²) in [6, 6.07) is 25.6. The minimum Gasteiger partial charge on any atom is -0.478 e. The number of hydrogen-bond acceptors (Lipinski definition) is 4. The number of carboxylic acids is 1. The Bertz CT molecular complexity index is 1140. The Morgan fingerprint density at radius 2 is 1.49 bits per heavy atom. The highest BCUT2D eigenvalue weighted by Gasteiger charge is 2.50. The highest BCUT2D eigenvalue weighted by Crippen LogP contribution is 2.37. The van der Waals surface area contributed by atoms with Gasteiger partial charge in [0.25, 0.3) is 8.32 Å². The fourth-order valence-corrected chi connectivity index (χ4v) is 8.87. The van der Waals surface area contributed by atoms with Crippen LogP contribution in [0.4, 0.5) is 0 Å². The van der Waals surface area contributed by atoms with Crippen LogP contribution in [0.2, 0.25) is 5.04 Å². The lowest BCUT2D eigenvalue weighted by molar-refractivity contribution is -0.137. The predicted molar refractivity (Wildman–Crippen MR) is 141 cm³/mol. The van der Waals surface area contributed by atoms with Gasteiger partial charge in [0, 0.05) is 6.08 Å². The maximum absolute atomic E-state index is 11.8. The predicted octanol–water partition coefficient (Wildman–Crippen LogP) is 5.04. The third-order valence-electron chi connectivity index (χ3n) is 5.83. The van der Waals surface area contributed by atoms with Crippen molar-refractivity contribution in [3.8, 4) is 0 Å². The van der Waals surface area contributed by atoms with Crippen LogP contribution in [0.25, 0.3) is 6.08 Å². The van der Waals surface area contributed by atoms with Crippen LogP contribution in [0.15, 0.2) is 84.9 Å². The van der Waals surface area contributed by atoms with E-state index in [1.165, 1.54) is 12.1 Å². The number of hydrogen-bond donors (Lipinski definition) is 1. The molecule has 0 unspecified atom stereocenters. The summed E-state index contributed by atoms with van der Waals surface area (Å²) in [4.78, 5) is 23.6. The number of aromatic carboxylic acids is 1. The van der Waals surface area contributed by atoms with Gasteiger partial charge in [-0.05, 0) is 57.7 Å². The molecule has 0 aliphatic carbocycles. The molecule has 0 bridgehead atoms. The van der Waals surface area contributed by atoms with E-state index in [1.54, 1.807) is 19.1 Å². The minimum absolute atomic E-state index is 0.136. The average molecular weight is 489 g/mol. The SMILES string of the molecule is CCOC(=O)/C=C/c1cc(CO[Si](c2ccccc2)(c2ccccc2)C(C)(C)C)cc(C(=O)O)c1. The van der Waals surface area contributed by atoms with Crippen molar-refractivity contribution in [1.29, 1.82) is 0 Å². The van der Waals surface area contributed by atoms with E-state index in [4.69, 9.17) is 9.16 Å². The van der Waals surface area contributed by atoms with E-state index >= 15 is 0 Å². The average Bonchev–Trinajstić information content (AvgIpc) is 2.84. The van der Waals surface area contributed by atoms with Crippen molar-refractivity contribution >= 4 is 36.7 Å². The maximum Gasteiger partial charge on any atom is 0.335 e. The van der Waals surface area contributed by atoms with E-state index < -0.39 is 20.3 Å². The first-order valence-corrected chi connectivity index (χ1v) is 13.6. The van der Waals surface area contributed by atoms with Gasteiger partial charge in [-0.25, -0.2) is 9.59 Å². The van der Waals surface area contributed by atoms with E-state index in [0.29, 0.717) is 5.56 Å². The summed E-state index contributed by atoms with van der Waals surface area (Å²) in [7, 11) is -2.78. The van der Waals surface area contributed by atoms with Gasteiger partial charge in [0.15, 0.2) is 0 Å². The number of carbonyl (C=O) groups is 2. The Morgan fingerprint density at radius 3 is 1.97 bits per heavy atom. The third-order valence-corrected chi connectivity index (χ3v) is 10.8. The fourth-order valence-electron chi connectivity index (χ4n) is 4.33. The first-order valence-electron chi connectivity index (χ1n) is 11.6. The van der Waals surface area contributed by atoms with E-state index in [-0.39, 0.29) is 23.8 Å². The normalized spacial score (nSPS) is 12.0. The van der Waals surface area contributed by atoms with E-state index in [0.717, 1.165) is 15.9 Å². The molecule has 1 N–H and O–H groups in total. The molecule has 0 radical (unpaired) electrons. The number of carboxylic acid groups (broad SMARTS) is 1. The molecule has 0 aliphatic heterocycles. The Morgan fingerprint density at radius 1 is 0.914 bits per heavy atom. The van der Waals surface area contributed by atoms with Crippen LogP contribution in [0.3, 0.4) is 0 Å². The second-order valence-electron chi connectivity index (χ2n) is 9.31. The lowest BCUT2D eigenvalue weighted by Gasteiger charge is -2.43. The van der Waals surface area contributed by atoms with Gasteiger partial charge in [-0.15, -0.1) is 0 Å². The van der Waals surface area contributed by atoms with Crippen LogP contribution in [0.1, 0.15) is 49.2 Å². The first kappa shape index (κ1) is 26.1. The molecule has 0 spiro atoms. The van der Waals surface area contributed by atoms with Gasteiger partial charge in [-0.2, -0.15) is 0 Å². The number of benzene rings is 3. The highest BCUT2D eigenvalue weighted by molar-refractivity contribution is 6.99. The van der Waals surface area contributed by atoms with Crippen LogP contribution in [0, 0.1) is 0 Å². The molecule has 6 heteroatoms. The van der Waals surface area contributed by atoms with Gasteiger partial charge in [-0.1, -0.05) is 81.4 Å². The molecule has 0 saturated heterocycles. The standard InChI is InChI=1S/C29H32O5Si/c1-5-33-27(30)17-16-22-18-23(20-24(19-22)28(31)32)21-34-35(29(2,3)4,25-12-8-6-9-13-25)26-14-10-7-11-15-26/h6-20H,5,21H2,1-4H3,(H,31,32)/b17-16+. The van der Waals surface area contributed by atoms with E-state index in [2.05, 4.69) is 45.0 Å². The van der Waals surface area contributed by atoms with Crippen molar-refractivity contribution in [3.05, 3.63) is 102 Å². The Hall–Kier alpha value is -3.48. The molecular weight excluding hydrogens is 456 g/mol. The molecule has 0 atom stereocenters. The number of rotatable bonds is 9. The fraction of sp³-hybridized carbons (Fsp3) is 0.241. The van der Waals surface area contributed by atoms with Gasteiger partial charge < -0.3 is 14.3 Å². The van der Waals surface area contributed by atoms with Crippen molar-refractivity contribution in [1.82, 2.24) is 0 Å². The molecule has 0 heterocycles. The summed E-state index contributed by atoms with van der Waals surface area (Å²) >= 11 is 0. The van der Waals surface area contributed by atoms with Crippen LogP contribution >= 0.6 is 0 Å². The van der Waals surface area contributed by atoms with Crippen molar-refractivity contribution in [2.75, 3.05) is 6.61 Å². The van der Waals surface area contributed by atoms with Gasteiger partial charge >= 0.3 is 11.9 Å². The van der Waals surface area contributed by atoms with Gasteiger partial charge in [0.1, 0.15) is 0 Å². The lowest BCUT2D eigenvalue weighted by atomic mass is 10.1. The Labute approximate surface area is 208 Å². The number of ether oxygens (including phenoxy) is 1. The zero-order valence-corrected chi connectivity index (χ0v) is 21.7. The van der Waals surface area contributed by atoms with E-state index in [9.17, 15) is 14.7 Å². The summed E-state index contributed by atoms with van der Waals surface area (Å²) in [5.41, 5.74) is 1.46. The van der Waals surface area contributed by atoms with Gasteiger partial charge in [0.05, 0.1) is 18.8 Å². The second-order valence-corrected chi connectivity index (χ2v) is 13.6. The quantitative estimate of drug-likeness (QED) is 0.260. The minimum atomic E-state index is -2.78. The highest BCUT2D eigenvalue weighted by atomic mass is 28.4. The van der Waals surface area contributed by atoms with Crippen molar-refractivity contribution in [2.24, 2.45) is 0 Å². The van der Waals surface area contributed by atoms with Crippen LogP contribution in [0.5, 0.6) is 0 Å². The molecule has 3 aromatic rings. The molecule has 0 aliphatic rings. The maximum atomic E-state index is 11.8. The molecule has 5 nitrogen and oxygen atoms in total. The van der Waals surface area contributed by atoms with Crippen molar-refractivity contribution in [3.63, 3.8) is 0 Å². The third kappa shape index (κ3) is 6.15. The summed E-state index contributed by atoms with van der Waals surface area (Å²) in [5, 5.41) is 11.8. The molecule has 0 aromatic heterocycles. The van der Waals surface area contributed by atoms with Crippen LogP contribution < -0.4 is 10.4 Å². The molecule has 3 aromatic carbocycles. The van der Waals surface area contributed by atoms with E-state index in [1.807, 2.05) is 42.5 Å². The zero-order chi connectivity index (χ0) is 25.5. The summed E-state index contributed by atoms with van der Waals surface area (Å²) in [5.74, 6) is -1.51. The van der Waals surface area contributed by atoms with Crippen LogP contribution in [-0.4, -0.2) is 32.0 Å². The first-order chi connectivity index (χ1) is 16.7. The topological polar surface area (TPSA) is 72.8 Å². The van der Waals surface area contributed by atoms with Crippen LogP contribution in [-0.2, 0) is 20.6 Å². The smallest absolute Gasteiger partial charge is 0.335 e. The summed E-state index contributed by atoms with van der Waals surface area (Å²) in [6.07, 6.45) is 2.87. The largest absolute Gasteiger partial charge is 0.478 e. The van der Waals surface area contributed by atoms with Crippen molar-refractivity contribution < 1.29 is 23.9 Å². The molecule has 0 fully saturated rings. The molecular formula is C29H32O5Si.